The Balaban J connectivity index is 1.57. The zero-order valence-electron chi connectivity index (χ0n) is 13.1. The number of carbonyl (C=O) groups is 1. The summed E-state index contributed by atoms with van der Waals surface area (Å²) in [4.78, 5) is 13.1. The van der Waals surface area contributed by atoms with E-state index in [2.05, 4.69) is 15.1 Å². The fourth-order valence-electron chi connectivity index (χ4n) is 2.99. The SMILES string of the molecule is NC(=O)c1ccc(N2CCC(Cc3ccc(F)c(F)c3)CC2)nn1. The molecule has 5 nitrogen and oxygen atoms in total. The highest BCUT2D eigenvalue weighted by Gasteiger charge is 2.21. The normalized spacial score (nSPS) is 15.5. The van der Waals surface area contributed by atoms with Crippen LogP contribution in [0.3, 0.4) is 0 Å². The smallest absolute Gasteiger partial charge is 0.269 e. The highest BCUT2D eigenvalue weighted by Crippen LogP contribution is 2.25. The number of rotatable bonds is 4. The second-order valence-electron chi connectivity index (χ2n) is 6.02. The van der Waals surface area contributed by atoms with Crippen molar-refractivity contribution in [2.75, 3.05) is 18.0 Å². The molecule has 0 bridgehead atoms. The molecule has 1 aliphatic heterocycles. The average Bonchev–Trinajstić information content (AvgIpc) is 2.59. The van der Waals surface area contributed by atoms with E-state index in [4.69, 9.17) is 5.73 Å². The van der Waals surface area contributed by atoms with Crippen molar-refractivity contribution in [1.82, 2.24) is 10.2 Å². The van der Waals surface area contributed by atoms with Crippen molar-refractivity contribution in [2.45, 2.75) is 19.3 Å². The third kappa shape index (κ3) is 3.67. The highest BCUT2D eigenvalue weighted by molar-refractivity contribution is 5.90. The lowest BCUT2D eigenvalue weighted by Gasteiger charge is -2.32. The van der Waals surface area contributed by atoms with Crippen molar-refractivity contribution in [3.8, 4) is 0 Å². The zero-order valence-corrected chi connectivity index (χ0v) is 13.1. The summed E-state index contributed by atoms with van der Waals surface area (Å²) in [7, 11) is 0. The molecule has 1 fully saturated rings. The van der Waals surface area contributed by atoms with Crippen LogP contribution >= 0.6 is 0 Å². The quantitative estimate of drug-likeness (QED) is 0.932. The summed E-state index contributed by atoms with van der Waals surface area (Å²) in [6.45, 7) is 1.61. The van der Waals surface area contributed by atoms with Crippen LogP contribution in [0.4, 0.5) is 14.6 Å². The van der Waals surface area contributed by atoms with Gasteiger partial charge in [0.05, 0.1) is 0 Å². The summed E-state index contributed by atoms with van der Waals surface area (Å²) in [6.07, 6.45) is 2.59. The molecule has 7 heteroatoms. The number of aromatic nitrogens is 2. The Bertz CT molecular complexity index is 728. The second kappa shape index (κ2) is 6.90. The molecule has 0 spiro atoms. The Labute approximate surface area is 138 Å². The molecule has 0 radical (unpaired) electrons. The molecular weight excluding hydrogens is 314 g/mol. The largest absolute Gasteiger partial charge is 0.364 e. The lowest BCUT2D eigenvalue weighted by molar-refractivity contribution is 0.0994. The van der Waals surface area contributed by atoms with E-state index in [1.54, 1.807) is 18.2 Å². The van der Waals surface area contributed by atoms with Crippen molar-refractivity contribution in [2.24, 2.45) is 11.7 Å². The molecule has 0 aliphatic carbocycles. The van der Waals surface area contributed by atoms with Crippen LogP contribution in [-0.2, 0) is 6.42 Å². The van der Waals surface area contributed by atoms with Gasteiger partial charge in [-0.2, -0.15) is 0 Å². The number of nitrogens with zero attached hydrogens (tertiary/aromatic N) is 3. The lowest BCUT2D eigenvalue weighted by atomic mass is 9.90. The number of primary amides is 1. The molecule has 1 saturated heterocycles. The van der Waals surface area contributed by atoms with Gasteiger partial charge in [0.15, 0.2) is 23.1 Å². The number of hydrogen-bond donors (Lipinski definition) is 1. The predicted octanol–water partition coefficient (Wildman–Crippen LogP) is 2.31. The molecule has 3 rings (SSSR count). The molecular formula is C17H18F2N4O. The lowest BCUT2D eigenvalue weighted by Crippen LogP contribution is -2.35. The molecule has 0 atom stereocenters. The van der Waals surface area contributed by atoms with Gasteiger partial charge in [0.1, 0.15) is 0 Å². The number of nitrogens with two attached hydrogens (primary N) is 1. The Morgan fingerprint density at radius 1 is 1.12 bits per heavy atom. The third-order valence-corrected chi connectivity index (χ3v) is 4.35. The van der Waals surface area contributed by atoms with E-state index >= 15 is 0 Å². The van der Waals surface area contributed by atoms with Crippen molar-refractivity contribution >= 4 is 11.7 Å². The summed E-state index contributed by atoms with van der Waals surface area (Å²) < 4.78 is 26.2. The molecule has 0 unspecified atom stereocenters. The van der Waals surface area contributed by atoms with Crippen LogP contribution in [0, 0.1) is 17.6 Å². The predicted molar refractivity (Wildman–Crippen MR) is 85.5 cm³/mol. The van der Waals surface area contributed by atoms with Gasteiger partial charge in [-0.15, -0.1) is 10.2 Å². The molecule has 2 aromatic rings. The van der Waals surface area contributed by atoms with Crippen molar-refractivity contribution in [1.29, 1.82) is 0 Å². The van der Waals surface area contributed by atoms with Gasteiger partial charge in [0.25, 0.3) is 5.91 Å². The van der Waals surface area contributed by atoms with Crippen molar-refractivity contribution < 1.29 is 13.6 Å². The molecule has 1 aromatic heterocycles. The standard InChI is InChI=1S/C17H18F2N4O/c18-13-2-1-12(10-14(13)19)9-11-5-7-23(8-6-11)16-4-3-15(17(20)24)21-22-16/h1-4,10-11H,5-9H2,(H2,20,24). The highest BCUT2D eigenvalue weighted by atomic mass is 19.2. The minimum Gasteiger partial charge on any atom is -0.364 e. The summed E-state index contributed by atoms with van der Waals surface area (Å²) in [6, 6.07) is 7.39. The first-order valence-corrected chi connectivity index (χ1v) is 7.85. The number of piperidine rings is 1. The van der Waals surface area contributed by atoms with Gasteiger partial charge in [-0.25, -0.2) is 8.78 Å². The Morgan fingerprint density at radius 2 is 1.88 bits per heavy atom. The van der Waals surface area contributed by atoms with Crippen molar-refractivity contribution in [3.05, 3.63) is 53.2 Å². The van der Waals surface area contributed by atoms with Crippen LogP contribution in [0.5, 0.6) is 0 Å². The summed E-state index contributed by atoms with van der Waals surface area (Å²) in [5.74, 6) is -1.07. The maximum atomic E-state index is 13.3. The first-order chi connectivity index (χ1) is 11.5. The van der Waals surface area contributed by atoms with Gasteiger partial charge >= 0.3 is 0 Å². The van der Waals surface area contributed by atoms with Crippen molar-refractivity contribution in [3.63, 3.8) is 0 Å². The number of anilines is 1. The maximum absolute atomic E-state index is 13.3. The van der Waals surface area contributed by atoms with Crippen LogP contribution in [0.25, 0.3) is 0 Å². The minimum atomic E-state index is -0.813. The molecule has 1 aliphatic rings. The van der Waals surface area contributed by atoms with Gasteiger partial charge in [0, 0.05) is 13.1 Å². The van der Waals surface area contributed by atoms with Gasteiger partial charge < -0.3 is 10.6 Å². The first kappa shape index (κ1) is 16.3. The number of amides is 1. The molecule has 1 amide bonds. The fourth-order valence-corrected chi connectivity index (χ4v) is 2.99. The summed E-state index contributed by atoms with van der Waals surface area (Å²) >= 11 is 0. The van der Waals surface area contributed by atoms with Gasteiger partial charge in [-0.05, 0) is 55.0 Å². The number of benzene rings is 1. The van der Waals surface area contributed by atoms with E-state index in [-0.39, 0.29) is 5.69 Å². The summed E-state index contributed by atoms with van der Waals surface area (Å²) in [5.41, 5.74) is 6.11. The topological polar surface area (TPSA) is 72.1 Å². The van der Waals surface area contributed by atoms with Crippen LogP contribution in [0.2, 0.25) is 0 Å². The van der Waals surface area contributed by atoms with E-state index in [1.165, 1.54) is 12.1 Å². The minimum absolute atomic E-state index is 0.145. The van der Waals surface area contributed by atoms with Gasteiger partial charge in [-0.1, -0.05) is 6.07 Å². The van der Waals surface area contributed by atoms with E-state index < -0.39 is 17.5 Å². The molecule has 2 heterocycles. The molecule has 126 valence electrons. The molecule has 2 N–H and O–H groups in total. The maximum Gasteiger partial charge on any atom is 0.269 e. The Morgan fingerprint density at radius 3 is 2.46 bits per heavy atom. The van der Waals surface area contributed by atoms with Gasteiger partial charge in [-0.3, -0.25) is 4.79 Å². The summed E-state index contributed by atoms with van der Waals surface area (Å²) in [5, 5.41) is 7.85. The number of carbonyl (C=O) groups excluding carboxylic acids is 1. The Hall–Kier alpha value is -2.57. The van der Waals surface area contributed by atoms with E-state index in [1.807, 2.05) is 0 Å². The first-order valence-electron chi connectivity index (χ1n) is 7.85. The second-order valence-corrected chi connectivity index (χ2v) is 6.02. The van der Waals surface area contributed by atoms with Gasteiger partial charge in [0.2, 0.25) is 0 Å². The van der Waals surface area contributed by atoms with Crippen LogP contribution in [0.1, 0.15) is 28.9 Å². The van der Waals surface area contributed by atoms with Crippen LogP contribution in [0.15, 0.2) is 30.3 Å². The van der Waals surface area contributed by atoms with E-state index in [9.17, 15) is 13.6 Å². The van der Waals surface area contributed by atoms with Crippen LogP contribution in [-0.4, -0.2) is 29.2 Å². The fraction of sp³-hybridized carbons (Fsp3) is 0.353. The third-order valence-electron chi connectivity index (χ3n) is 4.35. The molecule has 1 aromatic carbocycles. The van der Waals surface area contributed by atoms with E-state index in [0.717, 1.165) is 37.9 Å². The Kier molecular flexibility index (Phi) is 4.69. The van der Waals surface area contributed by atoms with Crippen LogP contribution < -0.4 is 10.6 Å². The average molecular weight is 332 g/mol. The number of hydrogen-bond acceptors (Lipinski definition) is 4. The molecule has 0 saturated carbocycles. The number of halogens is 2. The van der Waals surface area contributed by atoms with E-state index in [0.29, 0.717) is 11.7 Å². The monoisotopic (exact) mass is 332 g/mol. The molecule has 24 heavy (non-hydrogen) atoms. The zero-order chi connectivity index (χ0) is 17.1.